The average Bonchev–Trinajstić information content (AvgIpc) is 3.67. The summed E-state index contributed by atoms with van der Waals surface area (Å²) in [5.74, 6) is 1.99. The zero-order valence-electron chi connectivity index (χ0n) is 20.8. The van der Waals surface area contributed by atoms with E-state index in [2.05, 4.69) is 86.5 Å². The minimum atomic E-state index is 0.494. The number of aryl methyl sites for hydroxylation is 1. The Morgan fingerprint density at radius 1 is 0.861 bits per heavy atom. The first-order valence-corrected chi connectivity index (χ1v) is 12.9. The number of fused-ring (bicyclic) bond motifs is 1. The highest BCUT2D eigenvalue weighted by Gasteiger charge is 2.21. The van der Waals surface area contributed by atoms with Gasteiger partial charge in [-0.1, -0.05) is 48.0 Å². The summed E-state index contributed by atoms with van der Waals surface area (Å²) < 4.78 is 2.28. The molecule has 0 bridgehead atoms. The van der Waals surface area contributed by atoms with Gasteiger partial charge < -0.3 is 14.4 Å². The molecule has 2 aromatic carbocycles. The third-order valence-electron chi connectivity index (χ3n) is 7.01. The topological polar surface area (TPSA) is 74.5 Å². The maximum absolute atomic E-state index is 4.79. The molecule has 4 aromatic rings. The van der Waals surface area contributed by atoms with Crippen LogP contribution in [0.25, 0.3) is 10.9 Å². The maximum Gasteiger partial charge on any atom is 0.250 e. The smallest absolute Gasteiger partial charge is 0.250 e. The van der Waals surface area contributed by atoms with Crippen LogP contribution in [0.2, 0.25) is 0 Å². The molecule has 4 heterocycles. The van der Waals surface area contributed by atoms with Crippen LogP contribution in [0.4, 0.5) is 17.8 Å². The molecular weight excluding hydrogens is 448 g/mol. The molecule has 0 saturated carbocycles. The van der Waals surface area contributed by atoms with Crippen molar-refractivity contribution >= 4 is 35.0 Å². The summed E-state index contributed by atoms with van der Waals surface area (Å²) in [6, 6.07) is 17.1. The number of para-hydroxylation sites is 1. The van der Waals surface area contributed by atoms with E-state index in [9.17, 15) is 0 Å². The Hall–Kier alpha value is -3.94. The lowest BCUT2D eigenvalue weighted by Gasteiger charge is -2.20. The number of anilines is 3. The number of hydrogen-bond donors (Lipinski definition) is 1. The van der Waals surface area contributed by atoms with E-state index in [0.717, 1.165) is 50.2 Å². The van der Waals surface area contributed by atoms with Crippen molar-refractivity contribution in [1.82, 2.24) is 19.5 Å². The second-order valence-corrected chi connectivity index (χ2v) is 9.74. The van der Waals surface area contributed by atoms with E-state index in [1.54, 1.807) is 0 Å². The Labute approximate surface area is 211 Å². The SMILES string of the molecule is Cc1cccc(Cn2cc(/C=N/Nc3nc(N4CCCC4)nc(N4CCCC4)n3)c3ccccc32)c1. The molecule has 2 aliphatic heterocycles. The summed E-state index contributed by atoms with van der Waals surface area (Å²) in [7, 11) is 0. The van der Waals surface area contributed by atoms with E-state index < -0.39 is 0 Å². The van der Waals surface area contributed by atoms with Crippen molar-refractivity contribution in [1.29, 1.82) is 0 Å². The van der Waals surface area contributed by atoms with Crippen molar-refractivity contribution in [3.63, 3.8) is 0 Å². The number of nitrogens with one attached hydrogen (secondary N) is 1. The van der Waals surface area contributed by atoms with Gasteiger partial charge >= 0.3 is 0 Å². The van der Waals surface area contributed by atoms with E-state index in [1.165, 1.54) is 47.7 Å². The summed E-state index contributed by atoms with van der Waals surface area (Å²) in [6.07, 6.45) is 8.74. The second-order valence-electron chi connectivity index (χ2n) is 9.74. The lowest BCUT2D eigenvalue weighted by molar-refractivity contribution is 0.835. The molecule has 2 fully saturated rings. The molecule has 1 N–H and O–H groups in total. The minimum Gasteiger partial charge on any atom is -0.342 e. The highest BCUT2D eigenvalue weighted by Crippen LogP contribution is 2.24. The van der Waals surface area contributed by atoms with Crippen molar-refractivity contribution in [2.24, 2.45) is 5.10 Å². The van der Waals surface area contributed by atoms with Gasteiger partial charge in [-0.25, -0.2) is 5.43 Å². The Bertz CT molecular complexity index is 1350. The molecule has 36 heavy (non-hydrogen) atoms. The van der Waals surface area contributed by atoms with Crippen molar-refractivity contribution in [2.75, 3.05) is 41.4 Å². The Morgan fingerprint density at radius 2 is 1.56 bits per heavy atom. The first-order chi connectivity index (χ1) is 17.7. The normalized spacial score (nSPS) is 16.0. The third-order valence-corrected chi connectivity index (χ3v) is 7.01. The van der Waals surface area contributed by atoms with Gasteiger partial charge in [0.05, 0.1) is 6.21 Å². The predicted octanol–water partition coefficient (Wildman–Crippen LogP) is 4.83. The summed E-state index contributed by atoms with van der Waals surface area (Å²) >= 11 is 0. The van der Waals surface area contributed by atoms with Gasteiger partial charge in [0.25, 0.3) is 0 Å². The Morgan fingerprint density at radius 3 is 2.25 bits per heavy atom. The summed E-state index contributed by atoms with van der Waals surface area (Å²) in [4.78, 5) is 18.7. The molecule has 6 rings (SSSR count). The molecule has 0 atom stereocenters. The first-order valence-electron chi connectivity index (χ1n) is 12.9. The fourth-order valence-corrected chi connectivity index (χ4v) is 5.20. The van der Waals surface area contributed by atoms with Crippen LogP contribution in [0.3, 0.4) is 0 Å². The van der Waals surface area contributed by atoms with Gasteiger partial charge in [0, 0.05) is 55.4 Å². The largest absolute Gasteiger partial charge is 0.342 e. The molecule has 0 unspecified atom stereocenters. The first kappa shape index (κ1) is 22.5. The molecule has 184 valence electrons. The van der Waals surface area contributed by atoms with Gasteiger partial charge in [0.15, 0.2) is 0 Å². The van der Waals surface area contributed by atoms with Gasteiger partial charge in [-0.3, -0.25) is 0 Å². The van der Waals surface area contributed by atoms with Crippen LogP contribution in [-0.2, 0) is 6.54 Å². The van der Waals surface area contributed by atoms with Crippen molar-refractivity contribution in [3.8, 4) is 0 Å². The highest BCUT2D eigenvalue weighted by molar-refractivity contribution is 5.99. The third kappa shape index (κ3) is 4.76. The monoisotopic (exact) mass is 480 g/mol. The van der Waals surface area contributed by atoms with Crippen LogP contribution in [-0.4, -0.2) is 51.9 Å². The Kier molecular flexibility index (Phi) is 6.24. The van der Waals surface area contributed by atoms with Crippen molar-refractivity contribution in [2.45, 2.75) is 39.2 Å². The standard InChI is InChI=1S/C28H32N8/c1-21-9-8-10-22(17-21)19-36-20-23(24-11-2-3-12-25(24)36)18-29-33-26-30-27(34-13-4-5-14-34)32-28(31-26)35-15-6-7-16-35/h2-3,8-12,17-18,20H,4-7,13-16,19H2,1H3,(H,30,31,32,33)/b29-18+. The average molecular weight is 481 g/mol. The number of hydrazone groups is 1. The minimum absolute atomic E-state index is 0.494. The van der Waals surface area contributed by atoms with E-state index in [-0.39, 0.29) is 0 Å². The van der Waals surface area contributed by atoms with Crippen LogP contribution < -0.4 is 15.2 Å². The maximum atomic E-state index is 4.79. The molecule has 8 nitrogen and oxygen atoms in total. The van der Waals surface area contributed by atoms with E-state index in [4.69, 9.17) is 15.0 Å². The van der Waals surface area contributed by atoms with Gasteiger partial charge in [-0.2, -0.15) is 20.1 Å². The molecular formula is C28H32N8. The van der Waals surface area contributed by atoms with E-state index in [0.29, 0.717) is 5.95 Å². The van der Waals surface area contributed by atoms with Crippen LogP contribution in [0, 0.1) is 6.92 Å². The molecule has 0 amide bonds. The highest BCUT2D eigenvalue weighted by atomic mass is 15.4. The van der Waals surface area contributed by atoms with Crippen LogP contribution in [0.5, 0.6) is 0 Å². The van der Waals surface area contributed by atoms with Crippen LogP contribution in [0.15, 0.2) is 59.8 Å². The van der Waals surface area contributed by atoms with E-state index >= 15 is 0 Å². The predicted molar refractivity (Wildman–Crippen MR) is 146 cm³/mol. The van der Waals surface area contributed by atoms with Crippen LogP contribution in [0.1, 0.15) is 42.4 Å². The number of aromatic nitrogens is 4. The zero-order chi connectivity index (χ0) is 24.3. The molecule has 0 spiro atoms. The van der Waals surface area contributed by atoms with Crippen molar-refractivity contribution in [3.05, 3.63) is 71.4 Å². The number of hydrogen-bond acceptors (Lipinski definition) is 7. The quantitative estimate of drug-likeness (QED) is 0.302. The van der Waals surface area contributed by atoms with Gasteiger partial charge in [-0.15, -0.1) is 0 Å². The fourth-order valence-electron chi connectivity index (χ4n) is 5.20. The van der Waals surface area contributed by atoms with Crippen molar-refractivity contribution < 1.29 is 0 Å². The molecule has 0 radical (unpaired) electrons. The lowest BCUT2D eigenvalue weighted by atomic mass is 10.1. The van der Waals surface area contributed by atoms with Gasteiger partial charge in [-0.05, 0) is 44.2 Å². The van der Waals surface area contributed by atoms with E-state index in [1.807, 2.05) is 6.21 Å². The Balaban J connectivity index is 1.26. The zero-order valence-corrected chi connectivity index (χ0v) is 20.8. The second kappa shape index (κ2) is 9.97. The fraction of sp³-hybridized carbons (Fsp3) is 0.357. The van der Waals surface area contributed by atoms with Crippen LogP contribution >= 0.6 is 0 Å². The summed E-state index contributed by atoms with van der Waals surface area (Å²) in [6.45, 7) is 6.92. The summed E-state index contributed by atoms with van der Waals surface area (Å²) in [5, 5.41) is 5.72. The molecule has 2 saturated heterocycles. The lowest BCUT2D eigenvalue weighted by Crippen LogP contribution is -2.25. The molecule has 2 aliphatic rings. The molecule has 2 aromatic heterocycles. The van der Waals surface area contributed by atoms with Gasteiger partial charge in [0.1, 0.15) is 0 Å². The number of benzene rings is 2. The number of nitrogens with zero attached hydrogens (tertiary/aromatic N) is 7. The summed E-state index contributed by atoms with van der Waals surface area (Å²) in [5.41, 5.74) is 7.90. The number of rotatable bonds is 7. The van der Waals surface area contributed by atoms with Gasteiger partial charge in [0.2, 0.25) is 17.8 Å². The molecule has 8 heteroatoms. The molecule has 0 aliphatic carbocycles.